The average Bonchev–Trinajstić information content (AvgIpc) is 2.92. The smallest absolute Gasteiger partial charge is 0.192 e. The van der Waals surface area contributed by atoms with Crippen LogP contribution >= 0.6 is 24.0 Å². The first-order valence-electron chi connectivity index (χ1n) is 8.12. The maximum atomic E-state index is 13.4. The summed E-state index contributed by atoms with van der Waals surface area (Å²) in [5, 5.41) is 14.6. The average molecular weight is 476 g/mol. The van der Waals surface area contributed by atoms with Crippen molar-refractivity contribution in [2.24, 2.45) is 12.0 Å². The van der Waals surface area contributed by atoms with E-state index >= 15 is 0 Å². The Morgan fingerprint density at radius 1 is 1.27 bits per heavy atom. The van der Waals surface area contributed by atoms with Crippen LogP contribution in [0.1, 0.15) is 22.8 Å². The molecule has 1 aromatic carbocycles. The van der Waals surface area contributed by atoms with Crippen molar-refractivity contribution in [3.63, 3.8) is 0 Å². The van der Waals surface area contributed by atoms with Gasteiger partial charge < -0.3 is 19.9 Å². The van der Waals surface area contributed by atoms with Crippen LogP contribution in [0.5, 0.6) is 0 Å². The van der Waals surface area contributed by atoms with Crippen LogP contribution < -0.4 is 10.6 Å². The second kappa shape index (κ2) is 11.1. The highest BCUT2D eigenvalue weighted by Crippen LogP contribution is 2.10. The molecule has 9 heteroatoms. The number of aromatic nitrogens is 3. The molecular weight excluding hydrogens is 450 g/mol. The van der Waals surface area contributed by atoms with Gasteiger partial charge in [0, 0.05) is 20.7 Å². The molecule has 2 rings (SSSR count). The number of nitrogens with zero attached hydrogens (tertiary/aromatic N) is 4. The molecule has 0 spiro atoms. The molecule has 0 saturated heterocycles. The summed E-state index contributed by atoms with van der Waals surface area (Å²) in [5.74, 6) is 2.10. The molecule has 1 heterocycles. The van der Waals surface area contributed by atoms with E-state index in [9.17, 15) is 4.39 Å². The Morgan fingerprint density at radius 3 is 2.65 bits per heavy atom. The second-order valence-corrected chi connectivity index (χ2v) is 5.74. The van der Waals surface area contributed by atoms with Gasteiger partial charge in [-0.2, -0.15) is 0 Å². The number of halogens is 2. The minimum absolute atomic E-state index is 0. The van der Waals surface area contributed by atoms with Gasteiger partial charge in [0.15, 0.2) is 11.8 Å². The number of rotatable bonds is 7. The minimum atomic E-state index is -0.207. The van der Waals surface area contributed by atoms with Gasteiger partial charge in [0.1, 0.15) is 11.6 Å². The molecule has 0 aliphatic heterocycles. The van der Waals surface area contributed by atoms with E-state index in [-0.39, 0.29) is 29.8 Å². The number of hydrogen-bond acceptors (Lipinski definition) is 4. The number of ether oxygens (including phenoxy) is 1. The lowest BCUT2D eigenvalue weighted by Gasteiger charge is -2.12. The number of aryl methyl sites for hydroxylation is 2. The van der Waals surface area contributed by atoms with Gasteiger partial charge in [0.25, 0.3) is 0 Å². The van der Waals surface area contributed by atoms with Gasteiger partial charge in [-0.1, -0.05) is 12.1 Å². The molecule has 7 nitrogen and oxygen atoms in total. The SMILES string of the molecule is COCCNC(=NCc1ccc(F)c(C)c1)NCc1nnc(C)n1C.I. The van der Waals surface area contributed by atoms with Crippen molar-refractivity contribution in [2.75, 3.05) is 20.3 Å². The Labute approximate surface area is 170 Å². The van der Waals surface area contributed by atoms with Crippen molar-refractivity contribution < 1.29 is 9.13 Å². The number of hydrogen-bond donors (Lipinski definition) is 2. The summed E-state index contributed by atoms with van der Waals surface area (Å²) in [5.41, 5.74) is 1.56. The third-order valence-electron chi connectivity index (χ3n) is 3.84. The van der Waals surface area contributed by atoms with Crippen LogP contribution in [0.2, 0.25) is 0 Å². The molecule has 2 aromatic rings. The van der Waals surface area contributed by atoms with Crippen molar-refractivity contribution >= 4 is 29.9 Å². The van der Waals surface area contributed by atoms with Crippen LogP contribution in [-0.4, -0.2) is 41.0 Å². The lowest BCUT2D eigenvalue weighted by atomic mass is 10.1. The van der Waals surface area contributed by atoms with Crippen molar-refractivity contribution in [2.45, 2.75) is 26.9 Å². The Bertz CT molecular complexity index is 734. The maximum Gasteiger partial charge on any atom is 0.192 e. The second-order valence-electron chi connectivity index (χ2n) is 5.74. The predicted octanol–water partition coefficient (Wildman–Crippen LogP) is 2.07. The van der Waals surface area contributed by atoms with Crippen LogP contribution in [-0.2, 0) is 24.9 Å². The van der Waals surface area contributed by atoms with E-state index in [2.05, 4.69) is 25.8 Å². The van der Waals surface area contributed by atoms with Gasteiger partial charge in [0.05, 0.1) is 19.7 Å². The Hall–Kier alpha value is -1.75. The summed E-state index contributed by atoms with van der Waals surface area (Å²) in [6, 6.07) is 5.01. The normalized spacial score (nSPS) is 11.2. The third-order valence-corrected chi connectivity index (χ3v) is 3.84. The van der Waals surface area contributed by atoms with E-state index in [0.29, 0.717) is 37.8 Å². The van der Waals surface area contributed by atoms with E-state index in [1.807, 2.05) is 18.5 Å². The summed E-state index contributed by atoms with van der Waals surface area (Å²) in [6.07, 6.45) is 0. The first kappa shape index (κ1) is 22.3. The summed E-state index contributed by atoms with van der Waals surface area (Å²) in [4.78, 5) is 4.55. The number of nitrogens with one attached hydrogen (secondary N) is 2. The quantitative estimate of drug-likeness (QED) is 0.277. The van der Waals surface area contributed by atoms with Gasteiger partial charge in [-0.05, 0) is 31.0 Å². The molecule has 2 N–H and O–H groups in total. The van der Waals surface area contributed by atoms with E-state index in [0.717, 1.165) is 17.2 Å². The highest BCUT2D eigenvalue weighted by atomic mass is 127. The fourth-order valence-electron chi connectivity index (χ4n) is 2.19. The lowest BCUT2D eigenvalue weighted by Crippen LogP contribution is -2.39. The molecule has 0 saturated carbocycles. The van der Waals surface area contributed by atoms with E-state index in [1.165, 1.54) is 6.07 Å². The van der Waals surface area contributed by atoms with Crippen LogP contribution in [0.15, 0.2) is 23.2 Å². The molecule has 1 aromatic heterocycles. The first-order chi connectivity index (χ1) is 12.0. The molecule has 0 radical (unpaired) electrons. The molecule has 0 aliphatic carbocycles. The molecule has 26 heavy (non-hydrogen) atoms. The van der Waals surface area contributed by atoms with E-state index in [1.54, 1.807) is 26.2 Å². The van der Waals surface area contributed by atoms with Crippen LogP contribution in [0.4, 0.5) is 4.39 Å². The fourth-order valence-corrected chi connectivity index (χ4v) is 2.19. The lowest BCUT2D eigenvalue weighted by molar-refractivity contribution is 0.203. The topological polar surface area (TPSA) is 76.4 Å². The zero-order valence-corrected chi connectivity index (χ0v) is 17.9. The monoisotopic (exact) mass is 476 g/mol. The molecular formula is C17H26FIN6O. The van der Waals surface area contributed by atoms with Gasteiger partial charge in [-0.15, -0.1) is 34.2 Å². The maximum absolute atomic E-state index is 13.4. The molecule has 144 valence electrons. The molecule has 0 fully saturated rings. The van der Waals surface area contributed by atoms with E-state index < -0.39 is 0 Å². The highest BCUT2D eigenvalue weighted by Gasteiger charge is 2.06. The Kier molecular flexibility index (Phi) is 9.49. The Balaban J connectivity index is 0.00000338. The molecule has 0 atom stereocenters. The van der Waals surface area contributed by atoms with Crippen LogP contribution in [0, 0.1) is 19.7 Å². The molecule has 0 bridgehead atoms. The third kappa shape index (κ3) is 6.52. The fraction of sp³-hybridized carbons (Fsp3) is 0.471. The zero-order chi connectivity index (χ0) is 18.2. The van der Waals surface area contributed by atoms with Gasteiger partial charge >= 0.3 is 0 Å². The van der Waals surface area contributed by atoms with Crippen molar-refractivity contribution in [3.8, 4) is 0 Å². The molecule has 0 aliphatic rings. The number of aliphatic imine (C=N–C) groups is 1. The standard InChI is InChI=1S/C17H25FN6O.HI/c1-12-9-14(5-6-15(12)18)10-20-17(19-7-8-25-4)21-11-16-23-22-13(2)24(16)3;/h5-6,9H,7-8,10-11H2,1-4H3,(H2,19,20,21);1H. The number of guanidine groups is 1. The van der Waals surface area contributed by atoms with Crippen LogP contribution in [0.25, 0.3) is 0 Å². The summed E-state index contributed by atoms with van der Waals surface area (Å²) in [7, 11) is 3.57. The van der Waals surface area contributed by atoms with Crippen molar-refractivity contribution in [1.82, 2.24) is 25.4 Å². The van der Waals surface area contributed by atoms with Gasteiger partial charge in [-0.25, -0.2) is 9.38 Å². The van der Waals surface area contributed by atoms with E-state index in [4.69, 9.17) is 4.74 Å². The molecule has 0 amide bonds. The van der Waals surface area contributed by atoms with Crippen molar-refractivity contribution in [1.29, 1.82) is 0 Å². The molecule has 0 unspecified atom stereocenters. The number of methoxy groups -OCH3 is 1. The van der Waals surface area contributed by atoms with Gasteiger partial charge in [-0.3, -0.25) is 0 Å². The minimum Gasteiger partial charge on any atom is -0.383 e. The number of benzene rings is 1. The first-order valence-corrected chi connectivity index (χ1v) is 8.12. The Morgan fingerprint density at radius 2 is 2.04 bits per heavy atom. The summed E-state index contributed by atoms with van der Waals surface area (Å²) < 4.78 is 20.3. The summed E-state index contributed by atoms with van der Waals surface area (Å²) >= 11 is 0. The largest absolute Gasteiger partial charge is 0.383 e. The zero-order valence-electron chi connectivity index (χ0n) is 15.5. The van der Waals surface area contributed by atoms with Crippen molar-refractivity contribution in [3.05, 3.63) is 46.8 Å². The highest BCUT2D eigenvalue weighted by molar-refractivity contribution is 14.0. The summed E-state index contributed by atoms with van der Waals surface area (Å²) in [6.45, 7) is 5.79. The van der Waals surface area contributed by atoms with Gasteiger partial charge in [0.2, 0.25) is 0 Å². The predicted molar refractivity (Wildman–Crippen MR) is 110 cm³/mol. The van der Waals surface area contributed by atoms with Crippen LogP contribution in [0.3, 0.4) is 0 Å².